The Bertz CT molecular complexity index is 869. The Labute approximate surface area is 188 Å². The third-order valence-corrected chi connectivity index (χ3v) is 7.33. The van der Waals surface area contributed by atoms with Gasteiger partial charge in [0, 0.05) is 37.2 Å². The number of benzene rings is 1. The molecule has 4 rings (SSSR count). The number of nitrogens with one attached hydrogen (secondary N) is 1. The quantitative estimate of drug-likeness (QED) is 0.697. The highest BCUT2D eigenvalue weighted by molar-refractivity contribution is 7.22. The third kappa shape index (κ3) is 4.08. The molecule has 0 spiro atoms. The summed E-state index contributed by atoms with van der Waals surface area (Å²) in [4.78, 5) is 20.0. The molecule has 1 aliphatic carbocycles. The minimum absolute atomic E-state index is 0. The van der Waals surface area contributed by atoms with Crippen LogP contribution in [0.2, 0.25) is 0 Å². The van der Waals surface area contributed by atoms with Crippen LogP contribution in [0.25, 0.3) is 10.2 Å². The molecule has 6 nitrogen and oxygen atoms in total. The van der Waals surface area contributed by atoms with Crippen LogP contribution in [0.1, 0.15) is 40.0 Å². The normalized spacial score (nSPS) is 25.1. The molecule has 1 saturated carbocycles. The van der Waals surface area contributed by atoms with Crippen molar-refractivity contribution in [1.82, 2.24) is 4.98 Å². The molecule has 1 aromatic heterocycles. The molecule has 0 bridgehead atoms. The first kappa shape index (κ1) is 24.2. The Kier molecular flexibility index (Phi) is 7.44. The molecule has 0 radical (unpaired) electrons. The van der Waals surface area contributed by atoms with Crippen LogP contribution >= 0.6 is 36.2 Å². The van der Waals surface area contributed by atoms with Gasteiger partial charge in [0.1, 0.15) is 5.54 Å². The van der Waals surface area contributed by atoms with Crippen molar-refractivity contribution < 1.29 is 9.53 Å². The molecule has 1 aromatic carbocycles. The molecule has 1 saturated heterocycles. The van der Waals surface area contributed by atoms with Crippen LogP contribution in [0.4, 0.5) is 10.8 Å². The maximum atomic E-state index is 12.9. The van der Waals surface area contributed by atoms with Crippen molar-refractivity contribution >= 4 is 63.1 Å². The predicted molar refractivity (Wildman–Crippen MR) is 125 cm³/mol. The summed E-state index contributed by atoms with van der Waals surface area (Å²) in [7, 11) is 0. The van der Waals surface area contributed by atoms with E-state index in [1.165, 1.54) is 12.8 Å². The van der Waals surface area contributed by atoms with Gasteiger partial charge in [0.15, 0.2) is 5.13 Å². The zero-order chi connectivity index (χ0) is 19.2. The Morgan fingerprint density at radius 2 is 2.03 bits per heavy atom. The van der Waals surface area contributed by atoms with E-state index in [9.17, 15) is 4.79 Å². The average molecular weight is 461 g/mol. The molecule has 9 heteroatoms. The summed E-state index contributed by atoms with van der Waals surface area (Å²) in [6.45, 7) is 8.77. The first-order chi connectivity index (χ1) is 12.8. The van der Waals surface area contributed by atoms with E-state index in [0.717, 1.165) is 34.1 Å². The summed E-state index contributed by atoms with van der Waals surface area (Å²) >= 11 is 1.68. The lowest BCUT2D eigenvalue weighted by molar-refractivity contribution is -0.166. The number of amides is 1. The molecular weight excluding hydrogens is 431 g/mol. The Hall–Kier alpha value is -1.12. The van der Waals surface area contributed by atoms with Crippen molar-refractivity contribution in [3.63, 3.8) is 0 Å². The SMILES string of the molecule is CCOC1CC(N)(C(=O)Nc2ccc3nc(N4CCCC4)sc3c2)C1(C)C.Cl.Cl. The first-order valence-corrected chi connectivity index (χ1v) is 10.5. The lowest BCUT2D eigenvalue weighted by atomic mass is 9.54. The zero-order valence-electron chi connectivity index (χ0n) is 17.1. The molecule has 1 amide bonds. The number of nitrogens with zero attached hydrogens (tertiary/aromatic N) is 2. The molecular formula is C20H30Cl2N4O2S. The van der Waals surface area contributed by atoms with Crippen LogP contribution < -0.4 is 16.0 Å². The van der Waals surface area contributed by atoms with Crippen molar-refractivity contribution in [2.45, 2.75) is 51.7 Å². The number of halogens is 2. The minimum atomic E-state index is -0.920. The summed E-state index contributed by atoms with van der Waals surface area (Å²) in [5.74, 6) is -0.146. The number of thiazole rings is 1. The van der Waals surface area contributed by atoms with Crippen LogP contribution in [0, 0.1) is 5.41 Å². The monoisotopic (exact) mass is 460 g/mol. The fourth-order valence-electron chi connectivity index (χ4n) is 4.10. The van der Waals surface area contributed by atoms with Crippen molar-refractivity contribution in [2.75, 3.05) is 29.9 Å². The highest BCUT2D eigenvalue weighted by Gasteiger charge is 2.62. The van der Waals surface area contributed by atoms with E-state index in [1.54, 1.807) is 11.3 Å². The van der Waals surface area contributed by atoms with E-state index in [2.05, 4.69) is 10.2 Å². The fraction of sp³-hybridized carbons (Fsp3) is 0.600. The minimum Gasteiger partial charge on any atom is -0.378 e. The molecule has 2 fully saturated rings. The summed E-state index contributed by atoms with van der Waals surface area (Å²) < 4.78 is 6.81. The molecule has 2 aliphatic rings. The topological polar surface area (TPSA) is 80.5 Å². The van der Waals surface area contributed by atoms with Crippen LogP contribution in [0.3, 0.4) is 0 Å². The molecule has 3 N–H and O–H groups in total. The Morgan fingerprint density at radius 3 is 2.66 bits per heavy atom. The second kappa shape index (κ2) is 8.94. The molecule has 29 heavy (non-hydrogen) atoms. The van der Waals surface area contributed by atoms with Gasteiger partial charge in [-0.05, 0) is 38.0 Å². The van der Waals surface area contributed by atoms with Gasteiger partial charge in [-0.25, -0.2) is 4.98 Å². The van der Waals surface area contributed by atoms with Crippen molar-refractivity contribution in [3.05, 3.63) is 18.2 Å². The number of hydrogen-bond donors (Lipinski definition) is 2. The van der Waals surface area contributed by atoms with Gasteiger partial charge in [-0.1, -0.05) is 25.2 Å². The van der Waals surface area contributed by atoms with Gasteiger partial charge in [-0.2, -0.15) is 0 Å². The summed E-state index contributed by atoms with van der Waals surface area (Å²) in [6.07, 6.45) is 3.02. The lowest BCUT2D eigenvalue weighted by Gasteiger charge is -2.57. The van der Waals surface area contributed by atoms with Gasteiger partial charge in [0.25, 0.3) is 0 Å². The number of nitrogens with two attached hydrogens (primary N) is 1. The number of fused-ring (bicyclic) bond motifs is 1. The predicted octanol–water partition coefficient (Wildman–Crippen LogP) is 4.21. The summed E-state index contributed by atoms with van der Waals surface area (Å²) in [5, 5.41) is 4.09. The molecule has 162 valence electrons. The second-order valence-corrected chi connectivity index (χ2v) is 9.18. The molecule has 2 atom stereocenters. The zero-order valence-corrected chi connectivity index (χ0v) is 19.5. The largest absolute Gasteiger partial charge is 0.378 e. The van der Waals surface area contributed by atoms with Gasteiger partial charge in [0.05, 0.1) is 16.3 Å². The van der Waals surface area contributed by atoms with Crippen LogP contribution in [-0.4, -0.2) is 42.2 Å². The van der Waals surface area contributed by atoms with E-state index in [4.69, 9.17) is 15.5 Å². The standard InChI is InChI=1S/C20H28N4O2S.2ClH/c1-4-26-16-12-20(21,19(16,2)3)17(25)22-13-7-8-14-15(11-13)27-18(23-14)24-9-5-6-10-24;;/h7-8,11,16H,4-6,9-10,12,21H2,1-3H3,(H,22,25);2*1H. The van der Waals surface area contributed by atoms with Gasteiger partial charge in [-0.3, -0.25) is 4.79 Å². The van der Waals surface area contributed by atoms with Crippen molar-refractivity contribution in [3.8, 4) is 0 Å². The number of hydrogen-bond acceptors (Lipinski definition) is 6. The number of rotatable bonds is 5. The summed E-state index contributed by atoms with van der Waals surface area (Å²) in [5.41, 5.74) is 6.91. The second-order valence-electron chi connectivity index (χ2n) is 8.17. The molecule has 2 heterocycles. The maximum absolute atomic E-state index is 12.9. The van der Waals surface area contributed by atoms with Gasteiger partial charge >= 0.3 is 0 Å². The number of carbonyl (C=O) groups is 1. The maximum Gasteiger partial charge on any atom is 0.245 e. The third-order valence-electron chi connectivity index (χ3n) is 6.25. The Balaban J connectivity index is 0.00000150. The molecule has 2 unspecified atom stereocenters. The number of carbonyl (C=O) groups excluding carboxylic acids is 1. The van der Waals surface area contributed by atoms with Crippen LogP contribution in [0.15, 0.2) is 18.2 Å². The van der Waals surface area contributed by atoms with E-state index >= 15 is 0 Å². The molecule has 2 aromatic rings. The summed E-state index contributed by atoms with van der Waals surface area (Å²) in [6, 6.07) is 5.88. The van der Waals surface area contributed by atoms with E-state index in [-0.39, 0.29) is 36.8 Å². The van der Waals surface area contributed by atoms with Crippen LogP contribution in [0.5, 0.6) is 0 Å². The van der Waals surface area contributed by atoms with E-state index in [1.807, 2.05) is 39.0 Å². The Morgan fingerprint density at radius 1 is 1.34 bits per heavy atom. The smallest absolute Gasteiger partial charge is 0.245 e. The van der Waals surface area contributed by atoms with Crippen LogP contribution in [-0.2, 0) is 9.53 Å². The fourth-order valence-corrected chi connectivity index (χ4v) is 5.15. The highest BCUT2D eigenvalue weighted by Crippen LogP contribution is 2.50. The van der Waals surface area contributed by atoms with Crippen molar-refractivity contribution in [1.29, 1.82) is 0 Å². The van der Waals surface area contributed by atoms with E-state index in [0.29, 0.717) is 13.0 Å². The average Bonchev–Trinajstić information content (AvgIpc) is 3.30. The van der Waals surface area contributed by atoms with Gasteiger partial charge < -0.3 is 20.7 Å². The number of anilines is 2. The lowest BCUT2D eigenvalue weighted by Crippen LogP contribution is -2.74. The molecule has 1 aliphatic heterocycles. The number of aromatic nitrogens is 1. The van der Waals surface area contributed by atoms with Crippen molar-refractivity contribution in [2.24, 2.45) is 11.1 Å². The highest BCUT2D eigenvalue weighted by atomic mass is 35.5. The van der Waals surface area contributed by atoms with Gasteiger partial charge in [0.2, 0.25) is 5.91 Å². The first-order valence-electron chi connectivity index (χ1n) is 9.72. The van der Waals surface area contributed by atoms with Gasteiger partial charge in [-0.15, -0.1) is 24.8 Å². The number of ether oxygens (including phenoxy) is 1. The van der Waals surface area contributed by atoms with E-state index < -0.39 is 11.0 Å².